The Kier molecular flexibility index (Phi) is 6.80. The molecule has 1 aliphatic heterocycles. The topological polar surface area (TPSA) is 67.9 Å². The van der Waals surface area contributed by atoms with Crippen LogP contribution in [0.25, 0.3) is 6.08 Å². The van der Waals surface area contributed by atoms with Crippen LogP contribution in [-0.2, 0) is 16.2 Å². The van der Waals surface area contributed by atoms with Gasteiger partial charge in [0, 0.05) is 4.47 Å². The normalized spacial score (nSPS) is 14.6. The summed E-state index contributed by atoms with van der Waals surface area (Å²) in [5.74, 6) is 0.257. The third-order valence-corrected chi connectivity index (χ3v) is 6.10. The summed E-state index contributed by atoms with van der Waals surface area (Å²) in [6, 6.07) is 20.4. The second kappa shape index (κ2) is 9.74. The molecule has 1 fully saturated rings. The predicted molar refractivity (Wildman–Crippen MR) is 134 cm³/mol. The quantitative estimate of drug-likeness (QED) is 0.241. The lowest BCUT2D eigenvalue weighted by molar-refractivity contribution is -0.117. The number of carbonyl (C=O) groups is 2. The highest BCUT2D eigenvalue weighted by Crippen LogP contribution is 2.35. The highest BCUT2D eigenvalue weighted by Gasteiger charge is 2.34. The fraction of sp³-hybridized carbons (Fsp3) is 0.0833. The maximum Gasteiger partial charge on any atom is 0.282 e. The minimum Gasteiger partial charge on any atom is -0.493 e. The average molecular weight is 605 g/mol. The lowest BCUT2D eigenvalue weighted by Crippen LogP contribution is -2.35. The summed E-state index contributed by atoms with van der Waals surface area (Å²) < 4.78 is 13.3. The van der Waals surface area contributed by atoms with Crippen LogP contribution in [0.4, 0.5) is 5.69 Å². The first-order valence-electron chi connectivity index (χ1n) is 9.63. The highest BCUT2D eigenvalue weighted by molar-refractivity contribution is 14.1. The Hall–Kier alpha value is -2.85. The van der Waals surface area contributed by atoms with Gasteiger partial charge in [-0.1, -0.05) is 46.3 Å². The molecule has 2 amide bonds. The van der Waals surface area contributed by atoms with Gasteiger partial charge in [-0.25, -0.2) is 5.01 Å². The minimum absolute atomic E-state index is 0.0511. The van der Waals surface area contributed by atoms with Gasteiger partial charge in [0.25, 0.3) is 11.8 Å². The van der Waals surface area contributed by atoms with Crippen molar-refractivity contribution in [3.05, 3.63) is 91.5 Å². The van der Waals surface area contributed by atoms with E-state index in [1.165, 1.54) is 5.01 Å². The summed E-state index contributed by atoms with van der Waals surface area (Å²) in [5, 5.41) is 1.24. The van der Waals surface area contributed by atoms with Crippen LogP contribution in [0.3, 0.4) is 0 Å². The summed E-state index contributed by atoms with van der Waals surface area (Å²) in [7, 11) is 1.55. The van der Waals surface area contributed by atoms with E-state index in [0.717, 1.165) is 13.6 Å². The van der Waals surface area contributed by atoms with E-state index >= 15 is 0 Å². The van der Waals surface area contributed by atoms with Crippen LogP contribution in [0, 0.1) is 3.57 Å². The smallest absolute Gasteiger partial charge is 0.282 e. The standard InChI is InChI=1S/C24H18BrIN2O4/c1-31-21-13-16(12-20(26)22(21)32-14-15-7-9-17(25)10-8-15)11-19-23(29)27-28(24(19)30)18-5-3-2-4-6-18/h2-13H,14H2,1H3,(H,27,29)/b19-11-. The zero-order chi connectivity index (χ0) is 22.7. The second-order valence-electron chi connectivity index (χ2n) is 6.92. The number of carbonyl (C=O) groups excluding carboxylic acids is 2. The maximum atomic E-state index is 12.8. The van der Waals surface area contributed by atoms with Gasteiger partial charge in [0.15, 0.2) is 11.5 Å². The van der Waals surface area contributed by atoms with Crippen molar-refractivity contribution in [3.8, 4) is 11.5 Å². The number of hydrogen-bond donors (Lipinski definition) is 1. The van der Waals surface area contributed by atoms with Crippen LogP contribution in [0.5, 0.6) is 11.5 Å². The monoisotopic (exact) mass is 604 g/mol. The number of nitrogens with one attached hydrogen (secondary N) is 1. The van der Waals surface area contributed by atoms with Gasteiger partial charge in [-0.3, -0.25) is 15.0 Å². The molecule has 1 aliphatic rings. The van der Waals surface area contributed by atoms with Gasteiger partial charge in [-0.15, -0.1) is 0 Å². The molecule has 0 unspecified atom stereocenters. The first-order chi connectivity index (χ1) is 15.5. The molecule has 0 radical (unpaired) electrons. The number of nitrogens with zero attached hydrogens (tertiary/aromatic N) is 1. The molecule has 0 aromatic heterocycles. The third kappa shape index (κ3) is 4.81. The van der Waals surface area contributed by atoms with Crippen LogP contribution in [0.1, 0.15) is 11.1 Å². The number of anilines is 1. The number of rotatable bonds is 6. The average Bonchev–Trinajstić information content (AvgIpc) is 3.08. The van der Waals surface area contributed by atoms with Crippen LogP contribution in [0.2, 0.25) is 0 Å². The van der Waals surface area contributed by atoms with Crippen LogP contribution in [-0.4, -0.2) is 18.9 Å². The Bertz CT molecular complexity index is 1200. The van der Waals surface area contributed by atoms with Gasteiger partial charge in [-0.05, 0) is 76.2 Å². The predicted octanol–water partition coefficient (Wildman–Crippen LogP) is 5.10. The zero-order valence-electron chi connectivity index (χ0n) is 17.0. The molecule has 162 valence electrons. The Balaban J connectivity index is 1.58. The number of para-hydroxylation sites is 1. The first kappa shape index (κ1) is 22.3. The molecule has 3 aromatic rings. The molecule has 1 N–H and O–H groups in total. The van der Waals surface area contributed by atoms with Crippen molar-refractivity contribution in [2.45, 2.75) is 6.61 Å². The lowest BCUT2D eigenvalue weighted by atomic mass is 10.1. The minimum atomic E-state index is -0.455. The van der Waals surface area contributed by atoms with E-state index in [4.69, 9.17) is 9.47 Å². The van der Waals surface area contributed by atoms with Gasteiger partial charge in [0.2, 0.25) is 0 Å². The Morgan fingerprint density at radius 3 is 2.47 bits per heavy atom. The second-order valence-corrected chi connectivity index (χ2v) is 9.00. The Morgan fingerprint density at radius 1 is 1.06 bits per heavy atom. The van der Waals surface area contributed by atoms with Gasteiger partial charge >= 0.3 is 0 Å². The van der Waals surface area contributed by atoms with E-state index in [9.17, 15) is 9.59 Å². The van der Waals surface area contributed by atoms with Gasteiger partial charge in [0.1, 0.15) is 12.2 Å². The largest absolute Gasteiger partial charge is 0.493 e. The van der Waals surface area contributed by atoms with Crippen molar-refractivity contribution in [3.63, 3.8) is 0 Å². The molecule has 32 heavy (non-hydrogen) atoms. The summed E-state index contributed by atoms with van der Waals surface area (Å²) in [4.78, 5) is 25.3. The van der Waals surface area contributed by atoms with E-state index in [0.29, 0.717) is 29.4 Å². The molecule has 0 spiro atoms. The maximum absolute atomic E-state index is 12.8. The molecule has 6 nitrogen and oxygen atoms in total. The van der Waals surface area contributed by atoms with E-state index in [1.54, 1.807) is 43.5 Å². The first-order valence-corrected chi connectivity index (χ1v) is 11.5. The van der Waals surface area contributed by atoms with Crippen molar-refractivity contribution in [2.24, 2.45) is 0 Å². The number of amides is 2. The Morgan fingerprint density at radius 2 is 1.78 bits per heavy atom. The zero-order valence-corrected chi connectivity index (χ0v) is 20.7. The highest BCUT2D eigenvalue weighted by atomic mass is 127. The molecular formula is C24H18BrIN2O4. The van der Waals surface area contributed by atoms with Crippen molar-refractivity contribution in [1.82, 2.24) is 5.43 Å². The van der Waals surface area contributed by atoms with Crippen molar-refractivity contribution in [1.29, 1.82) is 0 Å². The SMILES string of the molecule is COc1cc(/C=C2/C(=O)NN(c3ccccc3)C2=O)cc(I)c1OCc1ccc(Br)cc1. The van der Waals surface area contributed by atoms with E-state index in [-0.39, 0.29) is 5.57 Å². The molecular weight excluding hydrogens is 587 g/mol. The lowest BCUT2D eigenvalue weighted by Gasteiger charge is -2.14. The van der Waals surface area contributed by atoms with E-state index in [2.05, 4.69) is 43.9 Å². The number of halogens is 2. The van der Waals surface area contributed by atoms with Crippen molar-refractivity contribution >= 4 is 62.1 Å². The van der Waals surface area contributed by atoms with Crippen LogP contribution >= 0.6 is 38.5 Å². The molecule has 0 bridgehead atoms. The van der Waals surface area contributed by atoms with Crippen molar-refractivity contribution < 1.29 is 19.1 Å². The van der Waals surface area contributed by atoms with Crippen molar-refractivity contribution in [2.75, 3.05) is 12.1 Å². The van der Waals surface area contributed by atoms with Gasteiger partial charge in [0.05, 0.1) is 16.4 Å². The summed E-state index contributed by atoms with van der Waals surface area (Å²) >= 11 is 5.58. The van der Waals surface area contributed by atoms with Crippen LogP contribution in [0.15, 0.2) is 76.8 Å². The Labute approximate surface area is 207 Å². The molecule has 4 rings (SSSR count). The fourth-order valence-corrected chi connectivity index (χ4v) is 4.23. The molecule has 8 heteroatoms. The van der Waals surface area contributed by atoms with E-state index < -0.39 is 11.8 Å². The molecule has 0 atom stereocenters. The van der Waals surface area contributed by atoms with Gasteiger partial charge < -0.3 is 9.47 Å². The van der Waals surface area contributed by atoms with Crippen LogP contribution < -0.4 is 19.9 Å². The molecule has 1 saturated heterocycles. The number of ether oxygens (including phenoxy) is 2. The summed E-state index contributed by atoms with van der Waals surface area (Å²) in [6.45, 7) is 0.382. The number of hydrogen-bond acceptors (Lipinski definition) is 4. The molecule has 1 heterocycles. The summed E-state index contributed by atoms with van der Waals surface area (Å²) in [6.07, 6.45) is 1.56. The molecule has 3 aromatic carbocycles. The number of methoxy groups -OCH3 is 1. The fourth-order valence-electron chi connectivity index (χ4n) is 3.18. The third-order valence-electron chi connectivity index (χ3n) is 4.77. The van der Waals surface area contributed by atoms with Gasteiger partial charge in [-0.2, -0.15) is 0 Å². The number of benzene rings is 3. The number of hydrazine groups is 1. The summed E-state index contributed by atoms with van der Waals surface area (Å²) in [5.41, 5.74) is 4.93. The van der Waals surface area contributed by atoms with E-state index in [1.807, 2.05) is 36.4 Å². The molecule has 0 saturated carbocycles. The molecule has 0 aliphatic carbocycles.